The van der Waals surface area contributed by atoms with Crippen LogP contribution in [-0.4, -0.2) is 35.2 Å². The maximum absolute atomic E-state index is 9.01. The Labute approximate surface area is 103 Å². The molecule has 1 aliphatic heterocycles. The highest BCUT2D eigenvalue weighted by molar-refractivity contribution is 5.22. The Bertz CT molecular complexity index is 359. The molecule has 1 aromatic rings. The molecule has 1 heterocycles. The van der Waals surface area contributed by atoms with Crippen molar-refractivity contribution in [3.63, 3.8) is 0 Å². The smallest absolute Gasteiger partial charge is 0.0681 e. The summed E-state index contributed by atoms with van der Waals surface area (Å²) in [6, 6.07) is 8.24. The van der Waals surface area contributed by atoms with Crippen LogP contribution < -0.4 is 5.32 Å². The summed E-state index contributed by atoms with van der Waals surface area (Å²) in [5, 5.41) is 12.4. The molecule has 1 aromatic carbocycles. The van der Waals surface area contributed by atoms with Gasteiger partial charge in [0.25, 0.3) is 0 Å². The maximum Gasteiger partial charge on any atom is 0.0681 e. The van der Waals surface area contributed by atoms with Crippen LogP contribution in [-0.2, 0) is 13.2 Å². The number of hydrogen-bond donors (Lipinski definition) is 2. The second-order valence-corrected chi connectivity index (χ2v) is 5.39. The average molecular weight is 234 g/mol. The Hall–Kier alpha value is -0.900. The molecule has 0 aromatic heterocycles. The van der Waals surface area contributed by atoms with Gasteiger partial charge in [0, 0.05) is 31.7 Å². The number of nitrogens with one attached hydrogen (secondary N) is 1. The van der Waals surface area contributed by atoms with Gasteiger partial charge in [-0.05, 0) is 25.0 Å². The summed E-state index contributed by atoms with van der Waals surface area (Å²) in [6.07, 6.45) is 0. The summed E-state index contributed by atoms with van der Waals surface area (Å²) in [6.45, 7) is 8.87. The van der Waals surface area contributed by atoms with Crippen molar-refractivity contribution in [3.8, 4) is 0 Å². The van der Waals surface area contributed by atoms with Gasteiger partial charge >= 0.3 is 0 Å². The molecule has 0 atom stereocenters. The Morgan fingerprint density at radius 3 is 2.47 bits per heavy atom. The van der Waals surface area contributed by atoms with Crippen LogP contribution in [0.4, 0.5) is 0 Å². The fraction of sp³-hybridized carbons (Fsp3) is 0.571. The zero-order valence-electron chi connectivity index (χ0n) is 10.7. The minimum absolute atomic E-state index is 0.124. The van der Waals surface area contributed by atoms with Crippen molar-refractivity contribution in [2.24, 2.45) is 0 Å². The largest absolute Gasteiger partial charge is 0.392 e. The van der Waals surface area contributed by atoms with Crippen LogP contribution in [0.3, 0.4) is 0 Å². The van der Waals surface area contributed by atoms with Crippen LogP contribution in [0.2, 0.25) is 0 Å². The van der Waals surface area contributed by atoms with E-state index in [2.05, 4.69) is 36.2 Å². The topological polar surface area (TPSA) is 35.5 Å². The van der Waals surface area contributed by atoms with Gasteiger partial charge in [-0.25, -0.2) is 0 Å². The lowest BCUT2D eigenvalue weighted by Gasteiger charge is -2.42. The van der Waals surface area contributed by atoms with E-state index in [4.69, 9.17) is 5.11 Å². The molecule has 94 valence electrons. The Balaban J connectivity index is 2.03. The Morgan fingerprint density at radius 2 is 1.88 bits per heavy atom. The van der Waals surface area contributed by atoms with Gasteiger partial charge in [-0.2, -0.15) is 0 Å². The summed E-state index contributed by atoms with van der Waals surface area (Å²) < 4.78 is 0. The van der Waals surface area contributed by atoms with Crippen molar-refractivity contribution < 1.29 is 5.11 Å². The summed E-state index contributed by atoms with van der Waals surface area (Å²) in [5.41, 5.74) is 2.51. The van der Waals surface area contributed by atoms with Gasteiger partial charge in [-0.1, -0.05) is 24.3 Å². The van der Waals surface area contributed by atoms with Gasteiger partial charge in [0.2, 0.25) is 0 Å². The van der Waals surface area contributed by atoms with Gasteiger partial charge in [0.15, 0.2) is 0 Å². The van der Waals surface area contributed by atoms with Crippen LogP contribution in [0.5, 0.6) is 0 Å². The molecule has 2 N–H and O–H groups in total. The number of piperazine rings is 1. The maximum atomic E-state index is 9.01. The van der Waals surface area contributed by atoms with Crippen molar-refractivity contribution in [2.75, 3.05) is 19.6 Å². The molecule has 0 bridgehead atoms. The van der Waals surface area contributed by atoms with Crippen LogP contribution in [0.1, 0.15) is 25.0 Å². The van der Waals surface area contributed by atoms with E-state index in [0.29, 0.717) is 0 Å². The molecule has 0 saturated carbocycles. The molecule has 2 rings (SSSR count). The van der Waals surface area contributed by atoms with E-state index in [-0.39, 0.29) is 12.1 Å². The molecule has 0 spiro atoms. The minimum Gasteiger partial charge on any atom is -0.392 e. The minimum atomic E-state index is 0.124. The third-order valence-corrected chi connectivity index (χ3v) is 3.55. The third-order valence-electron chi connectivity index (χ3n) is 3.55. The van der Waals surface area contributed by atoms with Crippen molar-refractivity contribution in [1.82, 2.24) is 10.2 Å². The predicted octanol–water partition coefficient (Wildman–Crippen LogP) is 1.36. The van der Waals surface area contributed by atoms with Crippen LogP contribution in [0, 0.1) is 0 Å². The lowest BCUT2D eigenvalue weighted by atomic mass is 9.99. The van der Waals surface area contributed by atoms with Gasteiger partial charge in [-0.3, -0.25) is 4.90 Å². The van der Waals surface area contributed by atoms with Crippen molar-refractivity contribution in [3.05, 3.63) is 35.4 Å². The lowest BCUT2D eigenvalue weighted by molar-refractivity contribution is 0.0827. The van der Waals surface area contributed by atoms with Gasteiger partial charge in [0.05, 0.1) is 6.61 Å². The second-order valence-electron chi connectivity index (χ2n) is 5.39. The van der Waals surface area contributed by atoms with Gasteiger partial charge in [-0.15, -0.1) is 0 Å². The molecule has 3 nitrogen and oxygen atoms in total. The lowest BCUT2D eigenvalue weighted by Crippen LogP contribution is -2.57. The highest BCUT2D eigenvalue weighted by Gasteiger charge is 2.29. The van der Waals surface area contributed by atoms with Crippen molar-refractivity contribution in [1.29, 1.82) is 0 Å². The van der Waals surface area contributed by atoms with E-state index in [1.54, 1.807) is 0 Å². The summed E-state index contributed by atoms with van der Waals surface area (Å²) in [7, 11) is 0. The van der Waals surface area contributed by atoms with E-state index >= 15 is 0 Å². The molecule has 0 aliphatic carbocycles. The number of hydrogen-bond acceptors (Lipinski definition) is 3. The number of nitrogens with zero attached hydrogens (tertiary/aromatic N) is 1. The predicted molar refractivity (Wildman–Crippen MR) is 69.7 cm³/mol. The standard InChI is InChI=1S/C14H22N2O/c1-14(2)11-15-7-8-16(14)9-12-3-5-13(10-17)6-4-12/h3-6,15,17H,7-11H2,1-2H3. The number of rotatable bonds is 3. The number of aliphatic hydroxyl groups is 1. The summed E-state index contributed by atoms with van der Waals surface area (Å²) >= 11 is 0. The van der Waals surface area contributed by atoms with E-state index in [1.165, 1.54) is 5.56 Å². The molecule has 17 heavy (non-hydrogen) atoms. The average Bonchev–Trinajstić information content (AvgIpc) is 2.33. The van der Waals surface area contributed by atoms with Gasteiger partial charge in [0.1, 0.15) is 0 Å². The quantitative estimate of drug-likeness (QED) is 0.829. The first-order valence-electron chi connectivity index (χ1n) is 6.26. The number of aliphatic hydroxyl groups excluding tert-OH is 1. The van der Waals surface area contributed by atoms with Crippen LogP contribution in [0.25, 0.3) is 0 Å². The Kier molecular flexibility index (Phi) is 3.82. The fourth-order valence-corrected chi connectivity index (χ4v) is 2.29. The molecule has 3 heteroatoms. The molecule has 1 saturated heterocycles. The van der Waals surface area contributed by atoms with E-state index < -0.39 is 0 Å². The monoisotopic (exact) mass is 234 g/mol. The SMILES string of the molecule is CC1(C)CNCCN1Cc1ccc(CO)cc1. The van der Waals surface area contributed by atoms with E-state index in [9.17, 15) is 0 Å². The van der Waals surface area contributed by atoms with Crippen LogP contribution in [0.15, 0.2) is 24.3 Å². The van der Waals surface area contributed by atoms with E-state index in [0.717, 1.165) is 31.7 Å². The first-order chi connectivity index (χ1) is 8.12. The Morgan fingerprint density at radius 1 is 1.24 bits per heavy atom. The molecular weight excluding hydrogens is 212 g/mol. The molecule has 0 unspecified atom stereocenters. The zero-order chi connectivity index (χ0) is 12.3. The summed E-state index contributed by atoms with van der Waals surface area (Å²) in [5.74, 6) is 0. The van der Waals surface area contributed by atoms with E-state index in [1.807, 2.05) is 12.1 Å². The fourth-order valence-electron chi connectivity index (χ4n) is 2.29. The molecule has 0 radical (unpaired) electrons. The second kappa shape index (κ2) is 5.17. The van der Waals surface area contributed by atoms with Crippen molar-refractivity contribution in [2.45, 2.75) is 32.5 Å². The summed E-state index contributed by atoms with van der Waals surface area (Å²) in [4.78, 5) is 2.51. The molecule has 0 amide bonds. The highest BCUT2D eigenvalue weighted by Crippen LogP contribution is 2.19. The highest BCUT2D eigenvalue weighted by atomic mass is 16.3. The third kappa shape index (κ3) is 3.06. The first-order valence-corrected chi connectivity index (χ1v) is 6.26. The molecular formula is C14H22N2O. The normalized spacial score (nSPS) is 20.4. The zero-order valence-corrected chi connectivity index (χ0v) is 10.7. The molecule has 1 aliphatic rings. The number of benzene rings is 1. The molecule has 1 fully saturated rings. The first kappa shape index (κ1) is 12.6. The van der Waals surface area contributed by atoms with Gasteiger partial charge < -0.3 is 10.4 Å². The van der Waals surface area contributed by atoms with Crippen LogP contribution >= 0.6 is 0 Å². The van der Waals surface area contributed by atoms with Crippen molar-refractivity contribution >= 4 is 0 Å².